The first-order valence-electron chi connectivity index (χ1n) is 9.10. The lowest BCUT2D eigenvalue weighted by atomic mass is 9.90. The summed E-state index contributed by atoms with van der Waals surface area (Å²) in [4.78, 5) is 13.7. The monoisotopic (exact) mass is 402 g/mol. The number of piperidine rings is 1. The molecule has 1 N–H and O–H groups in total. The fraction of sp³-hybridized carbons (Fsp3) is 0.632. The Morgan fingerprint density at radius 3 is 2.41 bits per heavy atom. The maximum Gasteiger partial charge on any atom is 0.410 e. The Morgan fingerprint density at radius 2 is 1.89 bits per heavy atom. The molecule has 1 aromatic carbocycles. The van der Waals surface area contributed by atoms with Gasteiger partial charge in [-0.25, -0.2) is 13.6 Å². The van der Waals surface area contributed by atoms with Gasteiger partial charge in [-0.1, -0.05) is 30.3 Å². The minimum absolute atomic E-state index is 0.186. The molecule has 1 heterocycles. The summed E-state index contributed by atoms with van der Waals surface area (Å²) >= 11 is -1.57. The Labute approximate surface area is 162 Å². The van der Waals surface area contributed by atoms with Crippen LogP contribution in [0.1, 0.15) is 39.2 Å². The van der Waals surface area contributed by atoms with E-state index in [4.69, 9.17) is 4.74 Å². The average molecular weight is 403 g/mol. The lowest BCUT2D eigenvalue weighted by Crippen LogP contribution is -2.53. The SMILES string of the molecule is CC(C)(C)[S@+]([O-])NC(C(F)F)C1CCN(C(=O)OCc2ccccc2)CC1. The van der Waals surface area contributed by atoms with Crippen molar-refractivity contribution in [3.8, 4) is 0 Å². The second-order valence-electron chi connectivity index (χ2n) is 7.72. The van der Waals surface area contributed by atoms with Crippen LogP contribution in [-0.2, 0) is 22.7 Å². The van der Waals surface area contributed by atoms with Crippen molar-refractivity contribution in [1.82, 2.24) is 9.62 Å². The van der Waals surface area contributed by atoms with E-state index < -0.39 is 34.7 Å². The topological polar surface area (TPSA) is 64.6 Å². The summed E-state index contributed by atoms with van der Waals surface area (Å²) in [5.41, 5.74) is 0.896. The van der Waals surface area contributed by atoms with Crippen LogP contribution in [-0.4, -0.2) is 45.8 Å². The molecule has 2 atom stereocenters. The number of alkyl halides is 2. The van der Waals surface area contributed by atoms with Gasteiger partial charge < -0.3 is 14.2 Å². The van der Waals surface area contributed by atoms with Crippen molar-refractivity contribution < 1.29 is 22.9 Å². The predicted molar refractivity (Wildman–Crippen MR) is 102 cm³/mol. The third kappa shape index (κ3) is 6.62. The molecular formula is C19H28F2N2O3S. The van der Waals surface area contributed by atoms with Crippen LogP contribution in [0.5, 0.6) is 0 Å². The van der Waals surface area contributed by atoms with Gasteiger partial charge in [-0.3, -0.25) is 0 Å². The van der Waals surface area contributed by atoms with Crippen LogP contribution in [0.3, 0.4) is 0 Å². The fourth-order valence-corrected chi connectivity index (χ4v) is 3.80. The van der Waals surface area contributed by atoms with Gasteiger partial charge in [0, 0.05) is 24.5 Å². The molecule has 1 amide bonds. The molecule has 27 heavy (non-hydrogen) atoms. The molecule has 0 saturated carbocycles. The number of rotatable bonds is 6. The number of likely N-dealkylation sites (tertiary alicyclic amines) is 1. The fourth-order valence-electron chi connectivity index (χ4n) is 2.91. The molecular weight excluding hydrogens is 374 g/mol. The Morgan fingerprint density at radius 1 is 1.30 bits per heavy atom. The van der Waals surface area contributed by atoms with Gasteiger partial charge in [0.15, 0.2) is 0 Å². The summed E-state index contributed by atoms with van der Waals surface area (Å²) in [6.07, 6.45) is -2.21. The normalized spacial score (nSPS) is 18.4. The average Bonchev–Trinajstić information content (AvgIpc) is 2.64. The zero-order valence-corrected chi connectivity index (χ0v) is 16.8. The Balaban J connectivity index is 1.84. The highest BCUT2D eigenvalue weighted by atomic mass is 32.2. The van der Waals surface area contributed by atoms with Crippen molar-refractivity contribution in [1.29, 1.82) is 0 Å². The van der Waals surface area contributed by atoms with Gasteiger partial charge in [0.2, 0.25) is 0 Å². The molecule has 0 aromatic heterocycles. The summed E-state index contributed by atoms with van der Waals surface area (Å²) in [5.74, 6) is -0.338. The lowest BCUT2D eigenvalue weighted by molar-refractivity contribution is 0.0463. The number of carbonyl (C=O) groups is 1. The van der Waals surface area contributed by atoms with Crippen LogP contribution < -0.4 is 4.72 Å². The second-order valence-corrected chi connectivity index (χ2v) is 9.72. The molecule has 152 valence electrons. The number of hydrogen-bond donors (Lipinski definition) is 1. The van der Waals surface area contributed by atoms with Crippen molar-refractivity contribution in [2.24, 2.45) is 5.92 Å². The van der Waals surface area contributed by atoms with Crippen LogP contribution >= 0.6 is 0 Å². The van der Waals surface area contributed by atoms with Crippen molar-refractivity contribution in [3.05, 3.63) is 35.9 Å². The van der Waals surface area contributed by atoms with E-state index in [1.807, 2.05) is 30.3 Å². The number of nitrogens with zero attached hydrogens (tertiary/aromatic N) is 1. The molecule has 1 aliphatic rings. The number of amides is 1. The smallest absolute Gasteiger partial charge is 0.410 e. The second kappa shape index (κ2) is 9.71. The molecule has 0 spiro atoms. The molecule has 0 radical (unpaired) electrons. The summed E-state index contributed by atoms with van der Waals surface area (Å²) in [5, 5.41) is 0. The first-order valence-corrected chi connectivity index (χ1v) is 10.3. The van der Waals surface area contributed by atoms with Crippen LogP contribution in [0, 0.1) is 5.92 Å². The highest BCUT2D eigenvalue weighted by Crippen LogP contribution is 2.27. The molecule has 1 aromatic rings. The minimum atomic E-state index is -2.61. The van der Waals surface area contributed by atoms with E-state index in [0.29, 0.717) is 25.9 Å². The maximum absolute atomic E-state index is 13.5. The third-order valence-corrected chi connectivity index (χ3v) is 6.18. The van der Waals surface area contributed by atoms with Crippen LogP contribution in [0.4, 0.5) is 13.6 Å². The summed E-state index contributed by atoms with van der Waals surface area (Å²) in [6, 6.07) is 8.21. The maximum atomic E-state index is 13.5. The van der Waals surface area contributed by atoms with Crippen molar-refractivity contribution in [3.63, 3.8) is 0 Å². The van der Waals surface area contributed by atoms with Crippen LogP contribution in [0.2, 0.25) is 0 Å². The first kappa shape index (κ1) is 21.9. The predicted octanol–water partition coefficient (Wildman–Crippen LogP) is 3.72. The number of ether oxygens (including phenoxy) is 1. The van der Waals surface area contributed by atoms with E-state index in [9.17, 15) is 18.1 Å². The lowest BCUT2D eigenvalue weighted by Gasteiger charge is -2.36. The molecule has 1 saturated heterocycles. The molecule has 0 bridgehead atoms. The van der Waals surface area contributed by atoms with E-state index in [1.54, 1.807) is 25.7 Å². The molecule has 5 nitrogen and oxygen atoms in total. The van der Waals surface area contributed by atoms with Gasteiger partial charge in [0.05, 0.1) is 0 Å². The van der Waals surface area contributed by atoms with E-state index in [0.717, 1.165) is 5.56 Å². The van der Waals surface area contributed by atoms with Crippen molar-refractivity contribution in [2.45, 2.75) is 57.4 Å². The number of benzene rings is 1. The Hall–Kier alpha value is -1.38. The number of hydrogen-bond acceptors (Lipinski definition) is 4. The van der Waals surface area contributed by atoms with Crippen molar-refractivity contribution in [2.75, 3.05) is 13.1 Å². The van der Waals surface area contributed by atoms with Gasteiger partial charge in [-0.15, -0.1) is 4.72 Å². The highest BCUT2D eigenvalue weighted by molar-refractivity contribution is 7.90. The molecule has 0 aliphatic carbocycles. The van der Waals surface area contributed by atoms with Gasteiger partial charge in [0.1, 0.15) is 17.4 Å². The van der Waals surface area contributed by atoms with Gasteiger partial charge in [-0.05, 0) is 45.1 Å². The highest BCUT2D eigenvalue weighted by Gasteiger charge is 2.39. The first-order chi connectivity index (χ1) is 12.7. The van der Waals surface area contributed by atoms with E-state index in [1.165, 1.54) is 0 Å². The Bertz CT molecular complexity index is 590. The molecule has 1 aliphatic heterocycles. The van der Waals surface area contributed by atoms with E-state index in [2.05, 4.69) is 4.72 Å². The quantitative estimate of drug-likeness (QED) is 0.737. The van der Waals surface area contributed by atoms with Gasteiger partial charge in [-0.2, -0.15) is 0 Å². The molecule has 2 rings (SSSR count). The number of nitrogens with one attached hydrogen (secondary N) is 1. The summed E-state index contributed by atoms with van der Waals surface area (Å²) in [7, 11) is 0. The largest absolute Gasteiger partial charge is 0.598 e. The minimum Gasteiger partial charge on any atom is -0.598 e. The number of halogens is 2. The zero-order chi connectivity index (χ0) is 20.0. The van der Waals surface area contributed by atoms with Crippen LogP contribution in [0.15, 0.2) is 30.3 Å². The van der Waals surface area contributed by atoms with E-state index >= 15 is 0 Å². The summed E-state index contributed by atoms with van der Waals surface area (Å²) in [6.45, 7) is 6.11. The van der Waals surface area contributed by atoms with Gasteiger partial charge >= 0.3 is 6.09 Å². The van der Waals surface area contributed by atoms with Gasteiger partial charge in [0.25, 0.3) is 6.43 Å². The summed E-state index contributed by atoms with van der Waals surface area (Å²) < 4.78 is 46.5. The molecule has 1 unspecified atom stereocenters. The zero-order valence-electron chi connectivity index (χ0n) is 16.0. The van der Waals surface area contributed by atoms with E-state index in [-0.39, 0.29) is 12.5 Å². The standard InChI is InChI=1S/C19H28F2N2O3S/c1-19(2,3)27(25)22-16(17(20)21)15-9-11-23(12-10-15)18(24)26-13-14-7-5-4-6-8-14/h4-8,15-17,22H,9-13H2,1-3H3/t16?,27-/m0/s1. The Kier molecular flexibility index (Phi) is 7.88. The third-order valence-electron chi connectivity index (χ3n) is 4.58. The molecule has 1 fully saturated rings. The number of carbonyl (C=O) groups excluding carboxylic acids is 1. The van der Waals surface area contributed by atoms with Crippen LogP contribution in [0.25, 0.3) is 0 Å². The van der Waals surface area contributed by atoms with Crippen molar-refractivity contribution >= 4 is 17.5 Å². The molecule has 8 heteroatoms.